The molecule has 0 spiro atoms. The summed E-state index contributed by atoms with van der Waals surface area (Å²) in [5.74, 6) is 0.109. The third-order valence-corrected chi connectivity index (χ3v) is 4.03. The van der Waals surface area contributed by atoms with Crippen molar-refractivity contribution < 1.29 is 4.79 Å². The summed E-state index contributed by atoms with van der Waals surface area (Å²) >= 11 is 1.68. The van der Waals surface area contributed by atoms with Crippen LogP contribution in [-0.2, 0) is 17.8 Å². The standard InChI is InChI=1S/C16H21N3OS/c1-18(2)16(20)11-19(3)10-14-12-21-15(17-14)9-13-7-5-4-6-8-13/h4-8,12H,9-11H2,1-3H3. The normalized spacial score (nSPS) is 10.9. The zero-order valence-corrected chi connectivity index (χ0v) is 13.6. The van der Waals surface area contributed by atoms with Crippen molar-refractivity contribution in [3.63, 3.8) is 0 Å². The van der Waals surface area contributed by atoms with Crippen LogP contribution < -0.4 is 0 Å². The van der Waals surface area contributed by atoms with E-state index in [1.807, 2.05) is 30.1 Å². The Bertz CT molecular complexity index is 580. The van der Waals surface area contributed by atoms with E-state index in [2.05, 4.69) is 22.5 Å². The first-order valence-corrected chi connectivity index (χ1v) is 7.78. The van der Waals surface area contributed by atoms with Gasteiger partial charge in [-0.2, -0.15) is 0 Å². The molecule has 0 aliphatic heterocycles. The topological polar surface area (TPSA) is 36.4 Å². The van der Waals surface area contributed by atoms with Crippen molar-refractivity contribution in [1.82, 2.24) is 14.8 Å². The predicted octanol–water partition coefficient (Wildman–Crippen LogP) is 2.25. The van der Waals surface area contributed by atoms with Gasteiger partial charge in [0.05, 0.1) is 17.2 Å². The molecular formula is C16H21N3OS. The predicted molar refractivity (Wildman–Crippen MR) is 86.4 cm³/mol. The highest BCUT2D eigenvalue weighted by Gasteiger charge is 2.10. The molecule has 0 bridgehead atoms. The zero-order chi connectivity index (χ0) is 15.2. The van der Waals surface area contributed by atoms with Crippen LogP contribution in [0.5, 0.6) is 0 Å². The van der Waals surface area contributed by atoms with Crippen LogP contribution in [0, 0.1) is 0 Å². The van der Waals surface area contributed by atoms with E-state index in [4.69, 9.17) is 0 Å². The van der Waals surface area contributed by atoms with Crippen molar-refractivity contribution >= 4 is 17.2 Å². The van der Waals surface area contributed by atoms with Gasteiger partial charge in [-0.25, -0.2) is 4.98 Å². The first kappa shape index (κ1) is 15.7. The van der Waals surface area contributed by atoms with Crippen LogP contribution in [0.2, 0.25) is 0 Å². The molecule has 1 aromatic heterocycles. The molecule has 0 aliphatic carbocycles. The summed E-state index contributed by atoms with van der Waals surface area (Å²) in [5.41, 5.74) is 2.30. The summed E-state index contributed by atoms with van der Waals surface area (Å²) in [5, 5.41) is 3.19. The molecule has 0 aliphatic rings. The van der Waals surface area contributed by atoms with Crippen LogP contribution in [0.1, 0.15) is 16.3 Å². The Morgan fingerprint density at radius 2 is 1.90 bits per heavy atom. The molecule has 1 aromatic carbocycles. The van der Waals surface area contributed by atoms with E-state index < -0.39 is 0 Å². The highest BCUT2D eigenvalue weighted by Crippen LogP contribution is 2.15. The molecule has 0 radical (unpaired) electrons. The van der Waals surface area contributed by atoms with Crippen LogP contribution in [0.15, 0.2) is 35.7 Å². The molecule has 0 saturated heterocycles. The van der Waals surface area contributed by atoms with E-state index in [9.17, 15) is 4.79 Å². The van der Waals surface area contributed by atoms with Gasteiger partial charge in [0.25, 0.3) is 0 Å². The minimum absolute atomic E-state index is 0.109. The largest absolute Gasteiger partial charge is 0.348 e. The van der Waals surface area contributed by atoms with Crippen LogP contribution in [-0.4, -0.2) is 48.4 Å². The lowest BCUT2D eigenvalue weighted by atomic mass is 10.2. The Labute approximate surface area is 130 Å². The molecule has 0 unspecified atom stereocenters. The van der Waals surface area contributed by atoms with Crippen LogP contribution in [0.4, 0.5) is 0 Å². The SMILES string of the molecule is CN(CC(=O)N(C)C)Cc1csc(Cc2ccccc2)n1. The fraction of sp³-hybridized carbons (Fsp3) is 0.375. The number of carbonyl (C=O) groups excluding carboxylic acids is 1. The third-order valence-electron chi connectivity index (χ3n) is 3.13. The second-order valence-electron chi connectivity index (χ2n) is 5.36. The Morgan fingerprint density at radius 3 is 2.57 bits per heavy atom. The molecule has 5 heteroatoms. The molecule has 1 amide bonds. The molecule has 0 fully saturated rings. The van der Waals surface area contributed by atoms with Gasteiger partial charge < -0.3 is 4.90 Å². The van der Waals surface area contributed by atoms with E-state index in [0.717, 1.165) is 17.1 Å². The van der Waals surface area contributed by atoms with Crippen LogP contribution >= 0.6 is 11.3 Å². The van der Waals surface area contributed by atoms with E-state index in [1.54, 1.807) is 30.3 Å². The molecule has 0 saturated carbocycles. The smallest absolute Gasteiger partial charge is 0.236 e. The second kappa shape index (κ2) is 7.33. The van der Waals surface area contributed by atoms with Gasteiger partial charge in [0, 0.05) is 32.4 Å². The summed E-state index contributed by atoms with van der Waals surface area (Å²) in [4.78, 5) is 19.9. The molecule has 1 heterocycles. The first-order chi connectivity index (χ1) is 10.0. The molecule has 4 nitrogen and oxygen atoms in total. The summed E-state index contributed by atoms with van der Waals surface area (Å²) < 4.78 is 0. The Morgan fingerprint density at radius 1 is 1.19 bits per heavy atom. The van der Waals surface area contributed by atoms with Gasteiger partial charge in [-0.1, -0.05) is 30.3 Å². The van der Waals surface area contributed by atoms with Crippen molar-refractivity contribution in [2.45, 2.75) is 13.0 Å². The number of nitrogens with zero attached hydrogens (tertiary/aromatic N) is 3. The summed E-state index contributed by atoms with van der Waals surface area (Å²) in [6.45, 7) is 1.11. The molecule has 0 atom stereocenters. The maximum absolute atomic E-state index is 11.7. The van der Waals surface area contributed by atoms with Gasteiger partial charge in [-0.3, -0.25) is 9.69 Å². The fourth-order valence-electron chi connectivity index (χ4n) is 1.98. The van der Waals surface area contributed by atoms with Crippen molar-refractivity contribution in [2.24, 2.45) is 0 Å². The van der Waals surface area contributed by atoms with Gasteiger partial charge in [0.2, 0.25) is 5.91 Å². The van der Waals surface area contributed by atoms with Gasteiger partial charge >= 0.3 is 0 Å². The molecule has 0 N–H and O–H groups in total. The molecule has 2 rings (SSSR count). The maximum atomic E-state index is 11.7. The number of aromatic nitrogens is 1. The number of hydrogen-bond donors (Lipinski definition) is 0. The fourth-order valence-corrected chi connectivity index (χ4v) is 2.80. The first-order valence-electron chi connectivity index (χ1n) is 6.90. The molecule has 21 heavy (non-hydrogen) atoms. The highest BCUT2D eigenvalue weighted by atomic mass is 32.1. The average molecular weight is 303 g/mol. The second-order valence-corrected chi connectivity index (χ2v) is 6.30. The maximum Gasteiger partial charge on any atom is 0.236 e. The average Bonchev–Trinajstić information content (AvgIpc) is 2.86. The summed E-state index contributed by atoms with van der Waals surface area (Å²) in [6.07, 6.45) is 0.867. The van der Waals surface area contributed by atoms with Gasteiger partial charge in [-0.15, -0.1) is 11.3 Å². The van der Waals surface area contributed by atoms with Gasteiger partial charge in [0.15, 0.2) is 0 Å². The zero-order valence-electron chi connectivity index (χ0n) is 12.7. The number of benzene rings is 1. The number of carbonyl (C=O) groups is 1. The number of amides is 1. The summed E-state index contributed by atoms with van der Waals surface area (Å²) in [6, 6.07) is 10.3. The van der Waals surface area contributed by atoms with E-state index in [-0.39, 0.29) is 5.91 Å². The molecular weight excluding hydrogens is 282 g/mol. The number of likely N-dealkylation sites (N-methyl/N-ethyl adjacent to an activating group) is 2. The lowest BCUT2D eigenvalue weighted by Gasteiger charge is -2.17. The minimum Gasteiger partial charge on any atom is -0.348 e. The van der Waals surface area contributed by atoms with Crippen molar-refractivity contribution in [2.75, 3.05) is 27.7 Å². The molecule has 112 valence electrons. The quantitative estimate of drug-likeness (QED) is 0.821. The van der Waals surface area contributed by atoms with E-state index in [1.165, 1.54) is 5.56 Å². The van der Waals surface area contributed by atoms with E-state index >= 15 is 0 Å². The van der Waals surface area contributed by atoms with Gasteiger partial charge in [-0.05, 0) is 12.6 Å². The Balaban J connectivity index is 1.89. The van der Waals surface area contributed by atoms with Crippen molar-refractivity contribution in [1.29, 1.82) is 0 Å². The monoisotopic (exact) mass is 303 g/mol. The van der Waals surface area contributed by atoms with Crippen LogP contribution in [0.25, 0.3) is 0 Å². The van der Waals surface area contributed by atoms with Crippen LogP contribution in [0.3, 0.4) is 0 Å². The number of rotatable bonds is 6. The number of thiazole rings is 1. The Kier molecular flexibility index (Phi) is 5.47. The lowest BCUT2D eigenvalue weighted by Crippen LogP contribution is -2.34. The van der Waals surface area contributed by atoms with E-state index in [0.29, 0.717) is 13.1 Å². The van der Waals surface area contributed by atoms with Crippen molar-refractivity contribution in [3.8, 4) is 0 Å². The summed E-state index contributed by atoms with van der Waals surface area (Å²) in [7, 11) is 5.49. The number of hydrogen-bond acceptors (Lipinski definition) is 4. The molecule has 2 aromatic rings. The minimum atomic E-state index is 0.109. The van der Waals surface area contributed by atoms with Crippen molar-refractivity contribution in [3.05, 3.63) is 52.0 Å². The van der Waals surface area contributed by atoms with Gasteiger partial charge in [0.1, 0.15) is 0 Å². The third kappa shape index (κ3) is 4.95. The Hall–Kier alpha value is -1.72. The highest BCUT2D eigenvalue weighted by molar-refractivity contribution is 7.09. The lowest BCUT2D eigenvalue weighted by molar-refractivity contribution is -0.129.